The minimum absolute atomic E-state index is 0. The van der Waals surface area contributed by atoms with Crippen molar-refractivity contribution in [2.45, 2.75) is 13.0 Å². The summed E-state index contributed by atoms with van der Waals surface area (Å²) in [5.74, 6) is -0.441. The Morgan fingerprint density at radius 2 is 1.95 bits per heavy atom. The molecule has 1 heterocycles. The molecule has 106 valence electrons. The largest absolute Gasteiger partial charge is 0.314 e. The fraction of sp³-hybridized carbons (Fsp3) is 0.462. The number of hydrogen-bond donors (Lipinski definition) is 1. The highest BCUT2D eigenvalue weighted by atomic mass is 35.5. The van der Waals surface area contributed by atoms with E-state index in [-0.39, 0.29) is 36.4 Å². The van der Waals surface area contributed by atoms with Gasteiger partial charge in [0, 0.05) is 32.2 Å². The first kappa shape index (κ1) is 18.1. The van der Waals surface area contributed by atoms with Crippen molar-refractivity contribution in [2.24, 2.45) is 0 Å². The maximum absolute atomic E-state index is 13.2. The van der Waals surface area contributed by atoms with Crippen molar-refractivity contribution < 1.29 is 4.39 Å². The van der Waals surface area contributed by atoms with E-state index in [2.05, 4.69) is 17.1 Å². The molecule has 0 unspecified atom stereocenters. The first-order valence-corrected chi connectivity index (χ1v) is 5.86. The van der Waals surface area contributed by atoms with Gasteiger partial charge in [-0.3, -0.25) is 4.90 Å². The highest BCUT2D eigenvalue weighted by Crippen LogP contribution is 2.22. The summed E-state index contributed by atoms with van der Waals surface area (Å²) in [6.07, 6.45) is 0. The van der Waals surface area contributed by atoms with Gasteiger partial charge in [-0.1, -0.05) is 6.07 Å². The first-order valence-electron chi connectivity index (χ1n) is 5.86. The lowest BCUT2D eigenvalue weighted by molar-refractivity contribution is 0.185. The van der Waals surface area contributed by atoms with Crippen LogP contribution in [0.25, 0.3) is 0 Å². The molecule has 1 aliphatic rings. The van der Waals surface area contributed by atoms with E-state index in [0.29, 0.717) is 0 Å². The van der Waals surface area contributed by atoms with Crippen LogP contribution < -0.4 is 5.32 Å². The molecule has 0 aromatic heterocycles. The lowest BCUT2D eigenvalue weighted by Gasteiger charge is -2.33. The van der Waals surface area contributed by atoms with Crippen molar-refractivity contribution in [2.75, 3.05) is 26.2 Å². The summed E-state index contributed by atoms with van der Waals surface area (Å²) < 4.78 is 13.2. The van der Waals surface area contributed by atoms with Crippen LogP contribution in [0.1, 0.15) is 24.1 Å². The molecule has 3 nitrogen and oxygen atoms in total. The van der Waals surface area contributed by atoms with Crippen LogP contribution in [0.2, 0.25) is 0 Å². The smallest absolute Gasteiger partial charge is 0.140 e. The van der Waals surface area contributed by atoms with Crippen LogP contribution in [-0.2, 0) is 0 Å². The molecule has 6 heteroatoms. The molecule has 1 aromatic carbocycles. The fourth-order valence-corrected chi connectivity index (χ4v) is 2.17. The number of hydrogen-bond acceptors (Lipinski definition) is 3. The molecule has 19 heavy (non-hydrogen) atoms. The monoisotopic (exact) mass is 305 g/mol. The minimum Gasteiger partial charge on any atom is -0.314 e. The number of piperazine rings is 1. The van der Waals surface area contributed by atoms with Gasteiger partial charge in [0.05, 0.1) is 5.56 Å². The zero-order chi connectivity index (χ0) is 12.3. The van der Waals surface area contributed by atoms with Crippen molar-refractivity contribution in [3.63, 3.8) is 0 Å². The predicted octanol–water partition coefficient (Wildman–Crippen LogP) is 2.51. The van der Waals surface area contributed by atoms with Crippen LogP contribution in [0, 0.1) is 17.1 Å². The van der Waals surface area contributed by atoms with E-state index < -0.39 is 5.82 Å². The van der Waals surface area contributed by atoms with Gasteiger partial charge in [-0.25, -0.2) is 4.39 Å². The summed E-state index contributed by atoms with van der Waals surface area (Å²) >= 11 is 0. The fourth-order valence-electron chi connectivity index (χ4n) is 2.17. The molecular formula is C13H18Cl2FN3. The Morgan fingerprint density at radius 1 is 1.32 bits per heavy atom. The quantitative estimate of drug-likeness (QED) is 0.912. The molecule has 0 bridgehead atoms. The maximum atomic E-state index is 13.2. The zero-order valence-electron chi connectivity index (χ0n) is 10.7. The first-order chi connectivity index (χ1) is 8.22. The molecule has 0 radical (unpaired) electrons. The van der Waals surface area contributed by atoms with Crippen molar-refractivity contribution in [3.05, 3.63) is 35.1 Å². The van der Waals surface area contributed by atoms with Gasteiger partial charge < -0.3 is 5.32 Å². The van der Waals surface area contributed by atoms with Crippen molar-refractivity contribution in [3.8, 4) is 6.07 Å². The van der Waals surface area contributed by atoms with E-state index in [0.717, 1.165) is 31.7 Å². The van der Waals surface area contributed by atoms with Gasteiger partial charge in [0.15, 0.2) is 0 Å². The highest BCUT2D eigenvalue weighted by molar-refractivity contribution is 5.85. The van der Waals surface area contributed by atoms with Crippen molar-refractivity contribution in [1.29, 1.82) is 5.26 Å². The molecule has 0 amide bonds. The summed E-state index contributed by atoms with van der Waals surface area (Å²) in [6, 6.07) is 6.92. The van der Waals surface area contributed by atoms with E-state index in [9.17, 15) is 4.39 Å². The summed E-state index contributed by atoms with van der Waals surface area (Å²) in [5, 5.41) is 12.1. The Bertz CT molecular complexity index is 442. The van der Waals surface area contributed by atoms with Crippen LogP contribution in [0.4, 0.5) is 4.39 Å². The van der Waals surface area contributed by atoms with Crippen LogP contribution >= 0.6 is 24.8 Å². The van der Waals surface area contributed by atoms with E-state index in [1.807, 2.05) is 6.07 Å². The lowest BCUT2D eigenvalue weighted by Crippen LogP contribution is -2.44. The molecule has 1 N–H and O–H groups in total. The highest BCUT2D eigenvalue weighted by Gasteiger charge is 2.18. The second-order valence-electron chi connectivity index (χ2n) is 4.31. The zero-order valence-corrected chi connectivity index (χ0v) is 12.4. The van der Waals surface area contributed by atoms with Crippen LogP contribution in [0.15, 0.2) is 18.2 Å². The molecule has 0 aliphatic carbocycles. The van der Waals surface area contributed by atoms with E-state index in [4.69, 9.17) is 5.26 Å². The van der Waals surface area contributed by atoms with Crippen LogP contribution in [-0.4, -0.2) is 31.1 Å². The molecule has 1 saturated heterocycles. The molecule has 2 rings (SSSR count). The molecule has 1 atom stereocenters. The molecule has 0 saturated carbocycles. The van der Waals surface area contributed by atoms with Gasteiger partial charge in [0.25, 0.3) is 0 Å². The number of benzene rings is 1. The number of nitrogens with one attached hydrogen (secondary N) is 1. The maximum Gasteiger partial charge on any atom is 0.140 e. The summed E-state index contributed by atoms with van der Waals surface area (Å²) in [5.41, 5.74) is 1.13. The third-order valence-electron chi connectivity index (χ3n) is 3.29. The van der Waals surface area contributed by atoms with Crippen molar-refractivity contribution >= 4 is 24.8 Å². The predicted molar refractivity (Wildman–Crippen MR) is 78.5 cm³/mol. The summed E-state index contributed by atoms with van der Waals surface area (Å²) in [6.45, 7) is 6.04. The Kier molecular flexibility index (Phi) is 7.96. The van der Waals surface area contributed by atoms with Gasteiger partial charge in [-0.05, 0) is 24.6 Å². The molecule has 1 fully saturated rings. The standard InChI is InChI=1S/C13H16FN3.2ClH/c1-10(17-6-4-16-5-7-17)11-2-3-13(14)12(8-11)9-15;;/h2-3,8,10,16H,4-7H2,1H3;2*1H/t10-;;/m1../s1. The Labute approximate surface area is 125 Å². The van der Waals surface area contributed by atoms with Crippen LogP contribution in [0.5, 0.6) is 0 Å². The average Bonchev–Trinajstić information content (AvgIpc) is 2.39. The van der Waals surface area contributed by atoms with E-state index in [1.165, 1.54) is 6.07 Å². The van der Waals surface area contributed by atoms with Gasteiger partial charge in [-0.15, -0.1) is 24.8 Å². The van der Waals surface area contributed by atoms with Crippen molar-refractivity contribution in [1.82, 2.24) is 10.2 Å². The SMILES string of the molecule is C[C@H](c1ccc(F)c(C#N)c1)N1CCNCC1.Cl.Cl. The number of halogens is 3. The lowest BCUT2D eigenvalue weighted by atomic mass is 10.0. The normalized spacial score (nSPS) is 16.7. The third-order valence-corrected chi connectivity index (χ3v) is 3.29. The Hall–Kier alpha value is -0.860. The summed E-state index contributed by atoms with van der Waals surface area (Å²) in [4.78, 5) is 2.34. The minimum atomic E-state index is -0.441. The van der Waals surface area contributed by atoms with E-state index >= 15 is 0 Å². The van der Waals surface area contributed by atoms with Gasteiger partial charge in [0.1, 0.15) is 11.9 Å². The Morgan fingerprint density at radius 3 is 2.53 bits per heavy atom. The van der Waals surface area contributed by atoms with Gasteiger partial charge in [-0.2, -0.15) is 5.26 Å². The number of nitriles is 1. The van der Waals surface area contributed by atoms with Gasteiger partial charge >= 0.3 is 0 Å². The molecular weight excluding hydrogens is 288 g/mol. The number of rotatable bonds is 2. The number of nitrogens with zero attached hydrogens (tertiary/aromatic N) is 2. The van der Waals surface area contributed by atoms with Crippen LogP contribution in [0.3, 0.4) is 0 Å². The summed E-state index contributed by atoms with van der Waals surface area (Å²) in [7, 11) is 0. The Balaban J connectivity index is 0.00000162. The van der Waals surface area contributed by atoms with Gasteiger partial charge in [0.2, 0.25) is 0 Å². The average molecular weight is 306 g/mol. The second-order valence-corrected chi connectivity index (χ2v) is 4.31. The van der Waals surface area contributed by atoms with E-state index in [1.54, 1.807) is 12.1 Å². The third kappa shape index (κ3) is 4.32. The topological polar surface area (TPSA) is 39.1 Å². The second kappa shape index (κ2) is 8.34. The molecule has 1 aromatic rings. The molecule has 1 aliphatic heterocycles. The molecule has 0 spiro atoms.